The van der Waals surface area contributed by atoms with E-state index in [0.29, 0.717) is 16.6 Å². The van der Waals surface area contributed by atoms with Crippen LogP contribution in [0.15, 0.2) is 64.5 Å². The van der Waals surface area contributed by atoms with Gasteiger partial charge in [-0.2, -0.15) is 0 Å². The van der Waals surface area contributed by atoms with Crippen LogP contribution in [0.5, 0.6) is 0 Å². The number of aromatic nitrogens is 2. The summed E-state index contributed by atoms with van der Waals surface area (Å²) >= 11 is 0. The molecule has 2 aromatic carbocycles. The summed E-state index contributed by atoms with van der Waals surface area (Å²) in [5, 5.41) is 21.8. The number of benzene rings is 2. The van der Waals surface area contributed by atoms with Crippen LogP contribution in [0.3, 0.4) is 0 Å². The van der Waals surface area contributed by atoms with Crippen LogP contribution >= 0.6 is 0 Å². The van der Waals surface area contributed by atoms with E-state index in [2.05, 4.69) is 10.1 Å². The molecule has 1 heterocycles. The largest absolute Gasteiger partial charge is 0.480 e. The van der Waals surface area contributed by atoms with Crippen molar-refractivity contribution in [3.05, 3.63) is 70.4 Å². The third kappa shape index (κ3) is 2.74. The second-order valence-corrected chi connectivity index (χ2v) is 5.05. The second kappa shape index (κ2) is 6.33. The Labute approximate surface area is 135 Å². The summed E-state index contributed by atoms with van der Waals surface area (Å²) in [6, 6.07) is 15.9. The van der Waals surface area contributed by atoms with Gasteiger partial charge in [0.25, 0.3) is 11.0 Å². The Morgan fingerprint density at radius 2 is 1.75 bits per heavy atom. The van der Waals surface area contributed by atoms with Crippen molar-refractivity contribution in [2.24, 2.45) is 5.16 Å². The first-order chi connectivity index (χ1) is 11.6. The summed E-state index contributed by atoms with van der Waals surface area (Å²) in [4.78, 5) is 27.8. The van der Waals surface area contributed by atoms with Gasteiger partial charge in [0.05, 0.1) is 11.2 Å². The Bertz CT molecular complexity index is 1040. The van der Waals surface area contributed by atoms with Gasteiger partial charge < -0.3 is 10.3 Å². The van der Waals surface area contributed by atoms with E-state index in [1.807, 2.05) is 30.3 Å². The van der Waals surface area contributed by atoms with Crippen molar-refractivity contribution >= 4 is 16.9 Å². The van der Waals surface area contributed by atoms with Gasteiger partial charge in [-0.3, -0.25) is 14.2 Å². The predicted molar refractivity (Wildman–Crippen MR) is 86.4 cm³/mol. The van der Waals surface area contributed by atoms with Gasteiger partial charge in [-0.15, -0.1) is 0 Å². The zero-order valence-electron chi connectivity index (χ0n) is 12.5. The summed E-state index contributed by atoms with van der Waals surface area (Å²) in [6.45, 7) is -0.563. The van der Waals surface area contributed by atoms with Crippen LogP contribution in [-0.2, 0) is 11.3 Å². The van der Waals surface area contributed by atoms with E-state index in [1.54, 1.807) is 24.3 Å². The van der Waals surface area contributed by atoms with Crippen molar-refractivity contribution in [2.45, 2.75) is 6.54 Å². The number of aliphatic carboxylic acids is 1. The van der Waals surface area contributed by atoms with Crippen molar-refractivity contribution < 1.29 is 15.1 Å². The molecule has 0 saturated carbocycles. The number of hydrogen-bond donors (Lipinski definition) is 2. The summed E-state index contributed by atoms with van der Waals surface area (Å²) in [7, 11) is 0. The highest BCUT2D eigenvalue weighted by atomic mass is 16.4. The predicted octanol–water partition coefficient (Wildman–Crippen LogP) is 1.44. The highest BCUT2D eigenvalue weighted by molar-refractivity contribution is 5.92. The van der Waals surface area contributed by atoms with Crippen LogP contribution in [0.25, 0.3) is 22.2 Å². The molecule has 0 atom stereocenters. The third-order valence-electron chi connectivity index (χ3n) is 3.54. The SMILES string of the molecule is O=C(O)Cn1c(=O)c(=NO)nc(-c2ccccc2)c2ccccc21. The molecular weight excluding hydrogens is 310 g/mol. The molecule has 0 radical (unpaired) electrons. The monoisotopic (exact) mass is 323 g/mol. The Hall–Kier alpha value is -3.48. The van der Waals surface area contributed by atoms with Crippen LogP contribution < -0.4 is 11.0 Å². The lowest BCUT2D eigenvalue weighted by Crippen LogP contribution is -2.35. The molecule has 7 heteroatoms. The van der Waals surface area contributed by atoms with Crippen LogP contribution in [0, 0.1) is 0 Å². The summed E-state index contributed by atoms with van der Waals surface area (Å²) in [6.07, 6.45) is 0. The molecule has 0 aliphatic rings. The molecule has 0 spiro atoms. The fourth-order valence-corrected chi connectivity index (χ4v) is 2.53. The Morgan fingerprint density at radius 3 is 2.42 bits per heavy atom. The smallest absolute Gasteiger partial charge is 0.323 e. The van der Waals surface area contributed by atoms with E-state index < -0.39 is 23.6 Å². The number of carboxylic acid groups (broad SMARTS) is 1. The minimum atomic E-state index is -1.18. The quantitative estimate of drug-likeness (QED) is 0.560. The molecule has 0 amide bonds. The zero-order valence-corrected chi connectivity index (χ0v) is 12.5. The van der Waals surface area contributed by atoms with Gasteiger partial charge >= 0.3 is 5.97 Å². The molecule has 2 N–H and O–H groups in total. The first kappa shape index (κ1) is 15.4. The maximum Gasteiger partial charge on any atom is 0.323 e. The van der Waals surface area contributed by atoms with Gasteiger partial charge in [0.1, 0.15) is 6.54 Å². The van der Waals surface area contributed by atoms with Gasteiger partial charge in [0.15, 0.2) is 0 Å². The number of carbonyl (C=O) groups is 1. The van der Waals surface area contributed by atoms with Gasteiger partial charge in [-0.05, 0) is 6.07 Å². The molecular formula is C17H13N3O4. The Morgan fingerprint density at radius 1 is 1.08 bits per heavy atom. The normalized spacial score (nSPS) is 11.6. The van der Waals surface area contributed by atoms with Crippen molar-refractivity contribution in [1.82, 2.24) is 9.55 Å². The summed E-state index contributed by atoms with van der Waals surface area (Å²) < 4.78 is 1.03. The minimum Gasteiger partial charge on any atom is -0.480 e. The molecule has 120 valence electrons. The molecule has 3 rings (SSSR count). The van der Waals surface area contributed by atoms with Crippen molar-refractivity contribution in [2.75, 3.05) is 0 Å². The molecule has 0 aliphatic carbocycles. The van der Waals surface area contributed by atoms with Crippen molar-refractivity contribution in [3.63, 3.8) is 0 Å². The van der Waals surface area contributed by atoms with Crippen LogP contribution in [-0.4, -0.2) is 25.8 Å². The number of para-hydroxylation sites is 1. The van der Waals surface area contributed by atoms with E-state index in [4.69, 9.17) is 10.3 Å². The number of hydrogen-bond acceptors (Lipinski definition) is 5. The van der Waals surface area contributed by atoms with E-state index in [1.165, 1.54) is 0 Å². The number of rotatable bonds is 3. The first-order valence-electron chi connectivity index (χ1n) is 7.11. The minimum absolute atomic E-state index is 0.395. The van der Waals surface area contributed by atoms with Crippen LogP contribution in [0.2, 0.25) is 0 Å². The fourth-order valence-electron chi connectivity index (χ4n) is 2.53. The van der Waals surface area contributed by atoms with Crippen molar-refractivity contribution in [1.29, 1.82) is 0 Å². The molecule has 1 aromatic heterocycles. The highest BCUT2D eigenvalue weighted by Gasteiger charge is 2.13. The van der Waals surface area contributed by atoms with Gasteiger partial charge in [-0.1, -0.05) is 53.7 Å². The molecule has 7 nitrogen and oxygen atoms in total. The standard InChI is InChI=1S/C17H13N3O4/c21-14(22)10-20-13-9-5-4-8-12(13)15(11-6-2-1-3-7-11)18-16(19-24)17(20)23/h1-9,24H,10H2,(H,21,22). The fraction of sp³-hybridized carbons (Fsp3) is 0.0588. The molecule has 24 heavy (non-hydrogen) atoms. The maximum absolute atomic E-state index is 12.5. The highest BCUT2D eigenvalue weighted by Crippen LogP contribution is 2.24. The van der Waals surface area contributed by atoms with Crippen molar-refractivity contribution in [3.8, 4) is 11.3 Å². The summed E-state index contributed by atoms with van der Waals surface area (Å²) in [5.74, 6) is -1.18. The van der Waals surface area contributed by atoms with Crippen LogP contribution in [0.1, 0.15) is 0 Å². The lowest BCUT2D eigenvalue weighted by molar-refractivity contribution is -0.137. The number of fused-ring (bicyclic) bond motifs is 1. The van der Waals surface area contributed by atoms with Gasteiger partial charge in [-0.25, -0.2) is 4.98 Å². The lowest BCUT2D eigenvalue weighted by Gasteiger charge is -2.05. The zero-order chi connectivity index (χ0) is 17.1. The molecule has 0 fully saturated rings. The average Bonchev–Trinajstić information content (AvgIpc) is 2.71. The van der Waals surface area contributed by atoms with Gasteiger partial charge in [0, 0.05) is 10.9 Å². The van der Waals surface area contributed by atoms with E-state index in [-0.39, 0.29) is 0 Å². The third-order valence-corrected chi connectivity index (χ3v) is 3.54. The Kier molecular flexibility index (Phi) is 4.07. The number of nitrogens with zero attached hydrogens (tertiary/aromatic N) is 3. The second-order valence-electron chi connectivity index (χ2n) is 5.05. The molecule has 0 aliphatic heterocycles. The van der Waals surface area contributed by atoms with Gasteiger partial charge in [0.2, 0.25) is 0 Å². The number of carboxylic acids is 1. The molecule has 0 saturated heterocycles. The van der Waals surface area contributed by atoms with E-state index in [0.717, 1.165) is 10.1 Å². The lowest BCUT2D eigenvalue weighted by atomic mass is 10.1. The average molecular weight is 323 g/mol. The topological polar surface area (TPSA) is 105 Å². The molecule has 0 bridgehead atoms. The maximum atomic E-state index is 12.5. The first-order valence-corrected chi connectivity index (χ1v) is 7.11. The summed E-state index contributed by atoms with van der Waals surface area (Å²) in [5.41, 5.74) is 0.298. The Balaban J connectivity index is 2.55. The molecule has 3 aromatic rings. The van der Waals surface area contributed by atoms with Crippen LogP contribution in [0.4, 0.5) is 0 Å². The molecule has 0 unspecified atom stereocenters. The van der Waals surface area contributed by atoms with E-state index in [9.17, 15) is 9.59 Å². The van der Waals surface area contributed by atoms with E-state index >= 15 is 0 Å².